The van der Waals surface area contributed by atoms with Gasteiger partial charge in [0.2, 0.25) is 0 Å². The molecule has 4 nitrogen and oxygen atoms in total. The first-order valence-electron chi connectivity index (χ1n) is 9.89. The number of rotatable bonds is 5. The van der Waals surface area contributed by atoms with Gasteiger partial charge in [-0.25, -0.2) is 0 Å². The lowest BCUT2D eigenvalue weighted by Crippen LogP contribution is -2.60. The summed E-state index contributed by atoms with van der Waals surface area (Å²) >= 11 is 2.01. The highest BCUT2D eigenvalue weighted by atomic mass is 32.2. The van der Waals surface area contributed by atoms with E-state index in [9.17, 15) is 4.79 Å². The Morgan fingerprint density at radius 2 is 2.00 bits per heavy atom. The number of thioether (sulfide) groups is 1. The third-order valence-electron chi connectivity index (χ3n) is 5.94. The van der Waals surface area contributed by atoms with E-state index in [4.69, 9.17) is 9.47 Å². The minimum Gasteiger partial charge on any atom is -0.381 e. The fraction of sp³-hybridized carbons (Fsp3) is 0.667. The van der Waals surface area contributed by atoms with Crippen molar-refractivity contribution in [2.24, 2.45) is 5.92 Å². The van der Waals surface area contributed by atoms with Crippen LogP contribution in [-0.4, -0.2) is 60.3 Å². The lowest BCUT2D eigenvalue weighted by molar-refractivity contribution is -0.0118. The number of hydrogen-bond donors (Lipinski definition) is 0. The average Bonchev–Trinajstić information content (AvgIpc) is 3.10. The molecule has 5 heteroatoms. The molecule has 3 heterocycles. The van der Waals surface area contributed by atoms with Crippen LogP contribution in [0.2, 0.25) is 0 Å². The van der Waals surface area contributed by atoms with Crippen molar-refractivity contribution in [3.8, 4) is 0 Å². The molecule has 142 valence electrons. The second kappa shape index (κ2) is 7.91. The Hall–Kier alpha value is -1.04. The van der Waals surface area contributed by atoms with Crippen LogP contribution < -0.4 is 0 Å². The van der Waals surface area contributed by atoms with Crippen LogP contribution in [0.4, 0.5) is 0 Å². The third-order valence-corrected chi connectivity index (χ3v) is 7.51. The predicted octanol–water partition coefficient (Wildman–Crippen LogP) is 3.39. The normalized spacial score (nSPS) is 25.4. The summed E-state index contributed by atoms with van der Waals surface area (Å²) in [6.07, 6.45) is 4.70. The molecule has 0 N–H and O–H groups in total. The Bertz CT molecular complexity index is 621. The highest BCUT2D eigenvalue weighted by Crippen LogP contribution is 2.46. The monoisotopic (exact) mass is 375 g/mol. The first kappa shape index (κ1) is 18.3. The smallest absolute Gasteiger partial charge is 0.253 e. The van der Waals surface area contributed by atoms with Gasteiger partial charge in [-0.05, 0) is 49.3 Å². The van der Waals surface area contributed by atoms with E-state index in [0.29, 0.717) is 12.0 Å². The number of carbonyl (C=O) groups excluding carboxylic acids is 1. The molecule has 1 atom stereocenters. The summed E-state index contributed by atoms with van der Waals surface area (Å²) in [5, 5.41) is 0. The standard InChI is InChI=1S/C21H29NO3S/c1-2-16-3-5-18(6-4-16)20(23)22-14-21(15-22)11-19(13-26-21)25-12-17-7-9-24-10-8-17/h3-6,17,19H,2,7-15H2,1H3. The largest absolute Gasteiger partial charge is 0.381 e. The van der Waals surface area contributed by atoms with Gasteiger partial charge in [0.05, 0.1) is 10.9 Å². The molecule has 0 aromatic heterocycles. The quantitative estimate of drug-likeness (QED) is 0.791. The Morgan fingerprint density at radius 1 is 1.27 bits per heavy atom. The van der Waals surface area contributed by atoms with E-state index in [2.05, 4.69) is 19.1 Å². The van der Waals surface area contributed by atoms with Crippen LogP contribution in [0.1, 0.15) is 42.1 Å². The molecule has 1 unspecified atom stereocenters. The van der Waals surface area contributed by atoms with Gasteiger partial charge in [-0.2, -0.15) is 0 Å². The van der Waals surface area contributed by atoms with Gasteiger partial charge in [0.15, 0.2) is 0 Å². The SMILES string of the molecule is CCc1ccc(C(=O)N2CC3(CC(OCC4CCOCC4)CS3)C2)cc1. The highest BCUT2D eigenvalue weighted by Gasteiger charge is 2.51. The van der Waals surface area contributed by atoms with Crippen LogP contribution in [0.15, 0.2) is 24.3 Å². The minimum absolute atomic E-state index is 0.172. The molecule has 26 heavy (non-hydrogen) atoms. The Morgan fingerprint density at radius 3 is 2.69 bits per heavy atom. The lowest BCUT2D eigenvalue weighted by Gasteiger charge is -2.47. The van der Waals surface area contributed by atoms with Crippen LogP contribution in [0, 0.1) is 5.92 Å². The number of hydrogen-bond acceptors (Lipinski definition) is 4. The van der Waals surface area contributed by atoms with E-state index < -0.39 is 0 Å². The van der Waals surface area contributed by atoms with Gasteiger partial charge in [-0.15, -0.1) is 11.8 Å². The molecule has 3 aliphatic rings. The van der Waals surface area contributed by atoms with Crippen molar-refractivity contribution in [1.82, 2.24) is 4.90 Å². The lowest BCUT2D eigenvalue weighted by atomic mass is 9.92. The Kier molecular flexibility index (Phi) is 5.58. The maximum absolute atomic E-state index is 12.7. The number of ether oxygens (including phenoxy) is 2. The van der Waals surface area contributed by atoms with E-state index >= 15 is 0 Å². The molecule has 0 aliphatic carbocycles. The number of nitrogens with zero attached hydrogens (tertiary/aromatic N) is 1. The van der Waals surface area contributed by atoms with Gasteiger partial charge in [0, 0.05) is 44.2 Å². The number of likely N-dealkylation sites (tertiary alicyclic amines) is 1. The first-order chi connectivity index (χ1) is 12.7. The summed E-state index contributed by atoms with van der Waals surface area (Å²) in [5.74, 6) is 1.90. The van der Waals surface area contributed by atoms with Crippen LogP contribution in [-0.2, 0) is 15.9 Å². The molecule has 1 spiro atoms. The van der Waals surface area contributed by atoms with Crippen molar-refractivity contribution in [2.75, 3.05) is 38.7 Å². The minimum atomic E-state index is 0.172. The maximum atomic E-state index is 12.7. The molecule has 1 aromatic rings. The molecule has 3 fully saturated rings. The van der Waals surface area contributed by atoms with Crippen molar-refractivity contribution < 1.29 is 14.3 Å². The topological polar surface area (TPSA) is 38.8 Å². The second-order valence-corrected chi connectivity index (χ2v) is 9.41. The molecular weight excluding hydrogens is 346 g/mol. The van der Waals surface area contributed by atoms with Crippen molar-refractivity contribution in [3.63, 3.8) is 0 Å². The van der Waals surface area contributed by atoms with Gasteiger partial charge in [-0.1, -0.05) is 19.1 Å². The fourth-order valence-corrected chi connectivity index (χ4v) is 5.73. The van der Waals surface area contributed by atoms with Gasteiger partial charge < -0.3 is 14.4 Å². The molecule has 4 rings (SSSR count). The average molecular weight is 376 g/mol. The maximum Gasteiger partial charge on any atom is 0.253 e. The van der Waals surface area contributed by atoms with Crippen LogP contribution in [0.3, 0.4) is 0 Å². The van der Waals surface area contributed by atoms with E-state index in [1.54, 1.807) is 0 Å². The number of carbonyl (C=O) groups is 1. The van der Waals surface area contributed by atoms with Gasteiger partial charge >= 0.3 is 0 Å². The highest BCUT2D eigenvalue weighted by molar-refractivity contribution is 8.01. The van der Waals surface area contributed by atoms with Crippen LogP contribution in [0.5, 0.6) is 0 Å². The summed E-state index contributed by atoms with van der Waals surface area (Å²) in [6, 6.07) is 8.06. The summed E-state index contributed by atoms with van der Waals surface area (Å²) in [4.78, 5) is 14.6. The molecule has 3 aliphatic heterocycles. The van der Waals surface area contributed by atoms with E-state index in [1.807, 2.05) is 28.8 Å². The summed E-state index contributed by atoms with van der Waals surface area (Å²) < 4.78 is 11.9. The Labute approximate surface area is 160 Å². The van der Waals surface area contributed by atoms with Crippen molar-refractivity contribution >= 4 is 17.7 Å². The third kappa shape index (κ3) is 3.95. The number of benzene rings is 1. The molecular formula is C21H29NO3S. The molecule has 1 aromatic carbocycles. The van der Waals surface area contributed by atoms with Crippen LogP contribution in [0.25, 0.3) is 0 Å². The predicted molar refractivity (Wildman–Crippen MR) is 105 cm³/mol. The summed E-state index contributed by atoms with van der Waals surface area (Å²) in [7, 11) is 0. The van der Waals surface area contributed by atoms with Gasteiger partial charge in [-0.3, -0.25) is 4.79 Å². The first-order valence-corrected chi connectivity index (χ1v) is 10.9. The fourth-order valence-electron chi connectivity index (χ4n) is 4.17. The molecule has 0 radical (unpaired) electrons. The van der Waals surface area contributed by atoms with Crippen molar-refractivity contribution in [2.45, 2.75) is 43.5 Å². The summed E-state index contributed by atoms with van der Waals surface area (Å²) in [6.45, 7) is 6.50. The second-order valence-electron chi connectivity index (χ2n) is 7.92. The van der Waals surface area contributed by atoms with E-state index in [0.717, 1.165) is 69.9 Å². The van der Waals surface area contributed by atoms with Gasteiger partial charge in [0.25, 0.3) is 5.91 Å². The Balaban J connectivity index is 1.24. The van der Waals surface area contributed by atoms with E-state index in [-0.39, 0.29) is 10.7 Å². The zero-order valence-corrected chi connectivity index (χ0v) is 16.4. The number of amides is 1. The van der Waals surface area contributed by atoms with Gasteiger partial charge in [0.1, 0.15) is 0 Å². The van der Waals surface area contributed by atoms with Crippen LogP contribution >= 0.6 is 11.8 Å². The molecule has 3 saturated heterocycles. The molecule has 0 saturated carbocycles. The summed E-state index contributed by atoms with van der Waals surface area (Å²) in [5.41, 5.74) is 2.09. The van der Waals surface area contributed by atoms with Crippen molar-refractivity contribution in [3.05, 3.63) is 35.4 Å². The zero-order chi connectivity index (χ0) is 18.0. The number of aryl methyl sites for hydroxylation is 1. The molecule has 0 bridgehead atoms. The van der Waals surface area contributed by atoms with Crippen molar-refractivity contribution in [1.29, 1.82) is 0 Å². The van der Waals surface area contributed by atoms with E-state index in [1.165, 1.54) is 5.56 Å². The molecule has 1 amide bonds. The zero-order valence-electron chi connectivity index (χ0n) is 15.6.